The molecule has 0 unspecified atom stereocenters. The summed E-state index contributed by atoms with van der Waals surface area (Å²) in [6.45, 7) is 10.1. The Balaban J connectivity index is 1.75. The van der Waals surface area contributed by atoms with Crippen LogP contribution in [0.3, 0.4) is 0 Å². The second kappa shape index (κ2) is 5.39. The lowest BCUT2D eigenvalue weighted by atomic mass is 9.78. The molecule has 1 aromatic heterocycles. The molecule has 0 bridgehead atoms. The van der Waals surface area contributed by atoms with E-state index < -0.39 is 0 Å². The number of nitrogens with one attached hydrogen (secondary N) is 1. The van der Waals surface area contributed by atoms with Gasteiger partial charge >= 0.3 is 0 Å². The molecule has 2 aliphatic rings. The first kappa shape index (κ1) is 14.5. The molecule has 112 valence electrons. The first-order chi connectivity index (χ1) is 9.49. The van der Waals surface area contributed by atoms with Gasteiger partial charge in [-0.1, -0.05) is 19.3 Å². The molecule has 20 heavy (non-hydrogen) atoms. The van der Waals surface area contributed by atoms with Crippen molar-refractivity contribution in [1.82, 2.24) is 15.2 Å². The number of thiazole rings is 1. The molecule has 3 nitrogen and oxygen atoms in total. The van der Waals surface area contributed by atoms with Crippen LogP contribution in [0, 0.1) is 6.92 Å². The SMILES string of the molecule is Cc1csc(CN2CC3(CCCCC3)NCC2(C)C)n1. The molecular weight excluding hydrogens is 266 g/mol. The Morgan fingerprint density at radius 3 is 2.70 bits per heavy atom. The highest BCUT2D eigenvalue weighted by molar-refractivity contribution is 7.09. The van der Waals surface area contributed by atoms with Crippen molar-refractivity contribution in [3.63, 3.8) is 0 Å². The van der Waals surface area contributed by atoms with Crippen molar-refractivity contribution in [1.29, 1.82) is 0 Å². The minimum Gasteiger partial charge on any atom is -0.308 e. The maximum atomic E-state index is 4.66. The monoisotopic (exact) mass is 293 g/mol. The predicted molar refractivity (Wildman–Crippen MR) is 85.2 cm³/mol. The lowest BCUT2D eigenvalue weighted by Crippen LogP contribution is -2.68. The first-order valence-corrected chi connectivity index (χ1v) is 8.78. The third kappa shape index (κ3) is 2.92. The van der Waals surface area contributed by atoms with Gasteiger partial charge in [0.2, 0.25) is 0 Å². The number of hydrogen-bond acceptors (Lipinski definition) is 4. The van der Waals surface area contributed by atoms with Crippen molar-refractivity contribution in [2.75, 3.05) is 13.1 Å². The Morgan fingerprint density at radius 2 is 2.05 bits per heavy atom. The molecule has 1 aliphatic carbocycles. The Bertz CT molecular complexity index is 460. The van der Waals surface area contributed by atoms with Crippen molar-refractivity contribution < 1.29 is 0 Å². The zero-order chi connectivity index (χ0) is 14.2. The van der Waals surface area contributed by atoms with E-state index in [1.54, 1.807) is 11.3 Å². The fourth-order valence-electron chi connectivity index (χ4n) is 3.62. The van der Waals surface area contributed by atoms with E-state index in [1.165, 1.54) is 43.7 Å². The van der Waals surface area contributed by atoms with Crippen molar-refractivity contribution >= 4 is 11.3 Å². The highest BCUT2D eigenvalue weighted by Gasteiger charge is 2.43. The molecule has 1 aromatic rings. The molecule has 0 atom stereocenters. The van der Waals surface area contributed by atoms with Gasteiger partial charge in [-0.25, -0.2) is 4.98 Å². The summed E-state index contributed by atoms with van der Waals surface area (Å²) < 4.78 is 0. The predicted octanol–water partition coefficient (Wildman–Crippen LogP) is 3.34. The second-order valence-corrected chi connectivity index (χ2v) is 8.19. The number of hydrogen-bond donors (Lipinski definition) is 1. The molecule has 2 fully saturated rings. The van der Waals surface area contributed by atoms with Crippen molar-refractivity contribution in [3.05, 3.63) is 16.1 Å². The normalized spacial score (nSPS) is 25.9. The van der Waals surface area contributed by atoms with E-state index in [1.807, 2.05) is 0 Å². The molecule has 1 spiro atoms. The summed E-state index contributed by atoms with van der Waals surface area (Å²) in [5.74, 6) is 0. The lowest BCUT2D eigenvalue weighted by Gasteiger charge is -2.53. The number of piperazine rings is 1. The van der Waals surface area contributed by atoms with Gasteiger partial charge in [0, 0.05) is 35.2 Å². The topological polar surface area (TPSA) is 28.2 Å². The average Bonchev–Trinajstić information content (AvgIpc) is 2.82. The van der Waals surface area contributed by atoms with Crippen molar-refractivity contribution in [3.8, 4) is 0 Å². The summed E-state index contributed by atoms with van der Waals surface area (Å²) >= 11 is 1.81. The highest BCUT2D eigenvalue weighted by Crippen LogP contribution is 2.35. The molecule has 1 aliphatic heterocycles. The van der Waals surface area contributed by atoms with Crippen LogP contribution in [-0.4, -0.2) is 34.1 Å². The van der Waals surface area contributed by atoms with Crippen LogP contribution < -0.4 is 5.32 Å². The zero-order valence-electron chi connectivity index (χ0n) is 13.0. The van der Waals surface area contributed by atoms with Crippen LogP contribution in [0.4, 0.5) is 0 Å². The highest BCUT2D eigenvalue weighted by atomic mass is 32.1. The van der Waals surface area contributed by atoms with Gasteiger partial charge in [-0.2, -0.15) is 0 Å². The summed E-state index contributed by atoms with van der Waals surface area (Å²) in [7, 11) is 0. The molecule has 1 N–H and O–H groups in total. The second-order valence-electron chi connectivity index (χ2n) is 7.25. The van der Waals surface area contributed by atoms with E-state index in [0.717, 1.165) is 18.8 Å². The maximum absolute atomic E-state index is 4.66. The van der Waals surface area contributed by atoms with Crippen LogP contribution in [0.1, 0.15) is 56.7 Å². The average molecular weight is 293 g/mol. The van der Waals surface area contributed by atoms with E-state index in [2.05, 4.69) is 41.4 Å². The first-order valence-electron chi connectivity index (χ1n) is 7.90. The van der Waals surface area contributed by atoms with Crippen LogP contribution in [0.25, 0.3) is 0 Å². The molecule has 0 aromatic carbocycles. The van der Waals surface area contributed by atoms with E-state index >= 15 is 0 Å². The Kier molecular flexibility index (Phi) is 3.91. The standard InChI is InChI=1S/C16H27N3S/c1-13-10-20-14(18-13)9-19-12-16(7-5-4-6-8-16)17-11-15(19,2)3/h10,17H,4-9,11-12H2,1-3H3. The molecule has 0 radical (unpaired) electrons. The number of aryl methyl sites for hydroxylation is 1. The molecule has 4 heteroatoms. The van der Waals surface area contributed by atoms with E-state index in [4.69, 9.17) is 0 Å². The smallest absolute Gasteiger partial charge is 0.107 e. The third-order valence-electron chi connectivity index (χ3n) is 5.05. The summed E-state index contributed by atoms with van der Waals surface area (Å²) in [4.78, 5) is 7.32. The summed E-state index contributed by atoms with van der Waals surface area (Å²) in [5.41, 5.74) is 1.76. The quantitative estimate of drug-likeness (QED) is 0.906. The van der Waals surface area contributed by atoms with Gasteiger partial charge < -0.3 is 5.32 Å². The van der Waals surface area contributed by atoms with Gasteiger partial charge in [0.05, 0.1) is 6.54 Å². The molecule has 1 saturated carbocycles. The van der Waals surface area contributed by atoms with E-state index in [-0.39, 0.29) is 5.54 Å². The third-order valence-corrected chi connectivity index (χ3v) is 6.00. The van der Waals surface area contributed by atoms with Crippen molar-refractivity contribution in [2.45, 2.75) is 70.5 Å². The van der Waals surface area contributed by atoms with Crippen molar-refractivity contribution in [2.24, 2.45) is 0 Å². The van der Waals surface area contributed by atoms with Gasteiger partial charge in [-0.15, -0.1) is 11.3 Å². The van der Waals surface area contributed by atoms with E-state index in [0.29, 0.717) is 5.54 Å². The Morgan fingerprint density at radius 1 is 1.30 bits per heavy atom. The molecule has 2 heterocycles. The van der Waals surface area contributed by atoms with Crippen LogP contribution in [0.2, 0.25) is 0 Å². The van der Waals surface area contributed by atoms with Gasteiger partial charge in [0.15, 0.2) is 0 Å². The van der Waals surface area contributed by atoms with Crippen LogP contribution in [0.15, 0.2) is 5.38 Å². The molecule has 1 saturated heterocycles. The number of rotatable bonds is 2. The summed E-state index contributed by atoms with van der Waals surface area (Å²) in [6.07, 6.45) is 6.88. The molecule has 0 amide bonds. The van der Waals surface area contributed by atoms with Gasteiger partial charge in [-0.05, 0) is 33.6 Å². The summed E-state index contributed by atoms with van der Waals surface area (Å²) in [5, 5.41) is 7.32. The molecule has 3 rings (SSSR count). The Labute approximate surface area is 126 Å². The lowest BCUT2D eigenvalue weighted by molar-refractivity contribution is 0.00480. The maximum Gasteiger partial charge on any atom is 0.107 e. The van der Waals surface area contributed by atoms with Gasteiger partial charge in [0.25, 0.3) is 0 Å². The van der Waals surface area contributed by atoms with Crippen LogP contribution in [0.5, 0.6) is 0 Å². The van der Waals surface area contributed by atoms with Gasteiger partial charge in [-0.3, -0.25) is 4.90 Å². The summed E-state index contributed by atoms with van der Waals surface area (Å²) in [6, 6.07) is 0. The minimum atomic E-state index is 0.224. The van der Waals surface area contributed by atoms with Crippen LogP contribution in [-0.2, 0) is 6.54 Å². The number of nitrogens with zero attached hydrogens (tertiary/aromatic N) is 2. The van der Waals surface area contributed by atoms with E-state index in [9.17, 15) is 0 Å². The fraction of sp³-hybridized carbons (Fsp3) is 0.812. The number of aromatic nitrogens is 1. The van der Waals surface area contributed by atoms with Gasteiger partial charge in [0.1, 0.15) is 5.01 Å². The largest absolute Gasteiger partial charge is 0.308 e. The molecular formula is C16H27N3S. The Hall–Kier alpha value is -0.450. The zero-order valence-corrected chi connectivity index (χ0v) is 13.9. The fourth-order valence-corrected chi connectivity index (χ4v) is 4.41. The minimum absolute atomic E-state index is 0.224. The van der Waals surface area contributed by atoms with Crippen LogP contribution >= 0.6 is 11.3 Å².